The van der Waals surface area contributed by atoms with E-state index in [0.29, 0.717) is 0 Å². The SMILES string of the molecule is O=C(O)c1[nH]cc2ccsc12. The Morgan fingerprint density at radius 1 is 1.64 bits per heavy atom. The van der Waals surface area contributed by atoms with E-state index in [-0.39, 0.29) is 5.69 Å². The molecule has 2 aromatic heterocycles. The summed E-state index contributed by atoms with van der Waals surface area (Å²) in [6.45, 7) is 0. The molecule has 0 aliphatic carbocycles. The minimum absolute atomic E-state index is 0.287. The Morgan fingerprint density at radius 3 is 3.18 bits per heavy atom. The van der Waals surface area contributed by atoms with Crippen molar-refractivity contribution in [1.29, 1.82) is 0 Å². The van der Waals surface area contributed by atoms with E-state index < -0.39 is 5.97 Å². The summed E-state index contributed by atoms with van der Waals surface area (Å²) >= 11 is 1.44. The Hall–Kier alpha value is -1.29. The maximum absolute atomic E-state index is 10.5. The topological polar surface area (TPSA) is 53.1 Å². The monoisotopic (exact) mass is 167 g/mol. The summed E-state index contributed by atoms with van der Waals surface area (Å²) in [5, 5.41) is 11.5. The van der Waals surface area contributed by atoms with E-state index >= 15 is 0 Å². The van der Waals surface area contributed by atoms with Crippen molar-refractivity contribution in [2.45, 2.75) is 0 Å². The fourth-order valence-corrected chi connectivity index (χ4v) is 1.89. The van der Waals surface area contributed by atoms with Crippen LogP contribution in [0.25, 0.3) is 10.1 Å². The number of hydrogen-bond donors (Lipinski definition) is 2. The van der Waals surface area contributed by atoms with E-state index in [1.165, 1.54) is 11.3 Å². The number of aromatic nitrogens is 1. The molecule has 2 aromatic rings. The average molecular weight is 167 g/mol. The number of aromatic carboxylic acids is 1. The van der Waals surface area contributed by atoms with Gasteiger partial charge in [-0.1, -0.05) is 0 Å². The van der Waals surface area contributed by atoms with Crippen LogP contribution in [0, 0.1) is 0 Å². The summed E-state index contributed by atoms with van der Waals surface area (Å²) in [5.74, 6) is -0.901. The van der Waals surface area contributed by atoms with Gasteiger partial charge in [0.05, 0.1) is 4.70 Å². The van der Waals surface area contributed by atoms with Crippen LogP contribution in [0.1, 0.15) is 10.5 Å². The van der Waals surface area contributed by atoms with Crippen molar-refractivity contribution in [1.82, 2.24) is 4.98 Å². The number of carbonyl (C=O) groups is 1. The van der Waals surface area contributed by atoms with Crippen molar-refractivity contribution < 1.29 is 9.90 Å². The van der Waals surface area contributed by atoms with Gasteiger partial charge in [-0.2, -0.15) is 0 Å². The highest BCUT2D eigenvalue weighted by Gasteiger charge is 2.10. The zero-order valence-electron chi connectivity index (χ0n) is 5.50. The standard InChI is InChI=1S/C7H5NO2S/c9-7(10)5-6-4(3-8-5)1-2-11-6/h1-3,8H,(H,9,10). The second-order valence-corrected chi connectivity index (χ2v) is 3.09. The fourth-order valence-electron chi connectivity index (χ4n) is 1.01. The van der Waals surface area contributed by atoms with Gasteiger partial charge in [0, 0.05) is 11.6 Å². The molecule has 0 saturated heterocycles. The molecule has 0 radical (unpaired) electrons. The molecule has 11 heavy (non-hydrogen) atoms. The number of aromatic amines is 1. The summed E-state index contributed by atoms with van der Waals surface area (Å²) in [5.41, 5.74) is 0.287. The molecule has 0 aliphatic heterocycles. The maximum atomic E-state index is 10.5. The molecule has 56 valence electrons. The lowest BCUT2D eigenvalue weighted by molar-refractivity contribution is 0.0693. The number of fused-ring (bicyclic) bond motifs is 1. The molecule has 0 saturated carbocycles. The van der Waals surface area contributed by atoms with Crippen molar-refractivity contribution in [3.63, 3.8) is 0 Å². The molecule has 0 atom stereocenters. The molecule has 0 fully saturated rings. The number of nitrogens with one attached hydrogen (secondary N) is 1. The highest BCUT2D eigenvalue weighted by atomic mass is 32.1. The summed E-state index contributed by atoms with van der Waals surface area (Å²) in [4.78, 5) is 13.3. The first-order valence-electron chi connectivity index (χ1n) is 3.07. The third kappa shape index (κ3) is 0.832. The Labute approximate surface area is 66.3 Å². The van der Waals surface area contributed by atoms with Gasteiger partial charge in [0.1, 0.15) is 5.69 Å². The number of carboxylic acids is 1. The molecule has 2 rings (SSSR count). The number of carboxylic acid groups (broad SMARTS) is 1. The first-order valence-corrected chi connectivity index (χ1v) is 3.95. The predicted molar refractivity (Wildman–Crippen MR) is 43.1 cm³/mol. The highest BCUT2D eigenvalue weighted by molar-refractivity contribution is 7.17. The van der Waals surface area contributed by atoms with Gasteiger partial charge in [-0.25, -0.2) is 4.79 Å². The molecule has 0 bridgehead atoms. The van der Waals surface area contributed by atoms with E-state index in [9.17, 15) is 4.79 Å². The molecule has 3 nitrogen and oxygen atoms in total. The predicted octanol–water partition coefficient (Wildman–Crippen LogP) is 1.93. The fraction of sp³-hybridized carbons (Fsp3) is 0. The normalized spacial score (nSPS) is 10.5. The van der Waals surface area contributed by atoms with Gasteiger partial charge in [-0.15, -0.1) is 11.3 Å². The molecule has 0 amide bonds. The minimum Gasteiger partial charge on any atom is -0.477 e. The largest absolute Gasteiger partial charge is 0.477 e. The maximum Gasteiger partial charge on any atom is 0.353 e. The molecule has 0 spiro atoms. The van der Waals surface area contributed by atoms with Crippen LogP contribution in [0.15, 0.2) is 17.6 Å². The highest BCUT2D eigenvalue weighted by Crippen LogP contribution is 2.23. The van der Waals surface area contributed by atoms with Gasteiger partial charge in [0.15, 0.2) is 0 Å². The quantitative estimate of drug-likeness (QED) is 0.681. The molecule has 0 aromatic carbocycles. The van der Waals surface area contributed by atoms with Gasteiger partial charge in [-0.05, 0) is 11.4 Å². The van der Waals surface area contributed by atoms with Crippen LogP contribution in [-0.2, 0) is 0 Å². The second kappa shape index (κ2) is 2.10. The van der Waals surface area contributed by atoms with E-state index in [0.717, 1.165) is 10.1 Å². The zero-order chi connectivity index (χ0) is 7.84. The van der Waals surface area contributed by atoms with Gasteiger partial charge in [-0.3, -0.25) is 0 Å². The van der Waals surface area contributed by atoms with Crippen molar-refractivity contribution in [2.24, 2.45) is 0 Å². The minimum atomic E-state index is -0.901. The van der Waals surface area contributed by atoms with Crippen LogP contribution in [-0.4, -0.2) is 16.1 Å². The Morgan fingerprint density at radius 2 is 2.45 bits per heavy atom. The lowest BCUT2D eigenvalue weighted by Crippen LogP contribution is -1.95. The summed E-state index contributed by atoms with van der Waals surface area (Å²) in [6, 6.07) is 1.89. The second-order valence-electron chi connectivity index (χ2n) is 2.17. The first-order chi connectivity index (χ1) is 5.29. The number of rotatable bonds is 1. The van der Waals surface area contributed by atoms with E-state index in [2.05, 4.69) is 4.98 Å². The van der Waals surface area contributed by atoms with Crippen molar-refractivity contribution in [3.05, 3.63) is 23.3 Å². The third-order valence-corrected chi connectivity index (χ3v) is 2.46. The van der Waals surface area contributed by atoms with Gasteiger partial charge in [0.25, 0.3) is 0 Å². The average Bonchev–Trinajstić information content (AvgIpc) is 2.41. The first kappa shape index (κ1) is 6.42. The van der Waals surface area contributed by atoms with Gasteiger partial charge in [0.2, 0.25) is 0 Å². The van der Waals surface area contributed by atoms with Crippen LogP contribution in [0.5, 0.6) is 0 Å². The number of H-pyrrole nitrogens is 1. The van der Waals surface area contributed by atoms with Crippen LogP contribution >= 0.6 is 11.3 Å². The van der Waals surface area contributed by atoms with Gasteiger partial charge < -0.3 is 10.1 Å². The van der Waals surface area contributed by atoms with E-state index in [4.69, 9.17) is 5.11 Å². The molecular formula is C7H5NO2S. The molecule has 0 aliphatic rings. The van der Waals surface area contributed by atoms with Crippen LogP contribution in [0.4, 0.5) is 0 Å². The Bertz CT molecular complexity index is 401. The lowest BCUT2D eigenvalue weighted by atomic mass is 10.4. The van der Waals surface area contributed by atoms with Crippen LogP contribution in [0.2, 0.25) is 0 Å². The molecular weight excluding hydrogens is 162 g/mol. The van der Waals surface area contributed by atoms with E-state index in [1.807, 2.05) is 11.4 Å². The molecule has 2 heterocycles. The Kier molecular flexibility index (Phi) is 1.22. The van der Waals surface area contributed by atoms with Crippen molar-refractivity contribution in [2.75, 3.05) is 0 Å². The van der Waals surface area contributed by atoms with Crippen molar-refractivity contribution in [3.8, 4) is 0 Å². The molecule has 4 heteroatoms. The molecule has 0 unspecified atom stereocenters. The van der Waals surface area contributed by atoms with Crippen LogP contribution < -0.4 is 0 Å². The molecule has 2 N–H and O–H groups in total. The zero-order valence-corrected chi connectivity index (χ0v) is 6.31. The number of thiophene rings is 1. The number of hydrogen-bond acceptors (Lipinski definition) is 2. The smallest absolute Gasteiger partial charge is 0.353 e. The van der Waals surface area contributed by atoms with Gasteiger partial charge >= 0.3 is 5.97 Å². The van der Waals surface area contributed by atoms with E-state index in [1.54, 1.807) is 6.20 Å². The summed E-state index contributed by atoms with van der Waals surface area (Å²) in [7, 11) is 0. The summed E-state index contributed by atoms with van der Waals surface area (Å²) < 4.78 is 0.817. The third-order valence-electron chi connectivity index (χ3n) is 1.51. The lowest BCUT2D eigenvalue weighted by Gasteiger charge is -1.84. The Balaban J connectivity index is 2.78. The van der Waals surface area contributed by atoms with Crippen molar-refractivity contribution >= 4 is 27.4 Å². The van der Waals surface area contributed by atoms with Crippen LogP contribution in [0.3, 0.4) is 0 Å². The summed E-state index contributed by atoms with van der Waals surface area (Å²) in [6.07, 6.45) is 1.70.